The van der Waals surface area contributed by atoms with Crippen LogP contribution >= 0.6 is 0 Å². The minimum Gasteiger partial charge on any atom is -0.491 e. The maximum atomic E-state index is 11.9. The number of ether oxygens (including phenoxy) is 1. The zero-order valence-corrected chi connectivity index (χ0v) is 11.8. The number of amides is 2. The normalized spacial score (nSPS) is 11.8. The fraction of sp³-hybridized carbons (Fsp3) is 0.357. The van der Waals surface area contributed by atoms with E-state index in [0.717, 1.165) is 0 Å². The van der Waals surface area contributed by atoms with Crippen LogP contribution in [-0.4, -0.2) is 35.0 Å². The fourth-order valence-corrected chi connectivity index (χ4v) is 1.60. The van der Waals surface area contributed by atoms with Crippen LogP contribution in [-0.2, 0) is 9.59 Å². The second-order valence-electron chi connectivity index (χ2n) is 4.73. The van der Waals surface area contributed by atoms with Crippen molar-refractivity contribution in [2.45, 2.75) is 32.4 Å². The summed E-state index contributed by atoms with van der Waals surface area (Å²) in [6.07, 6.45) is -0.452. The molecule has 7 nitrogen and oxygen atoms in total. The molecule has 7 heteroatoms. The van der Waals surface area contributed by atoms with Crippen LogP contribution in [0.15, 0.2) is 24.3 Å². The van der Waals surface area contributed by atoms with Gasteiger partial charge in [0.05, 0.1) is 12.5 Å². The van der Waals surface area contributed by atoms with E-state index in [1.807, 2.05) is 13.8 Å². The van der Waals surface area contributed by atoms with Gasteiger partial charge in [-0.05, 0) is 38.1 Å². The van der Waals surface area contributed by atoms with E-state index < -0.39 is 30.2 Å². The Labute approximate surface area is 122 Å². The number of nitrogens with one attached hydrogen (secondary N) is 1. The minimum atomic E-state index is -1.35. The number of nitrogens with two attached hydrogens (primary N) is 1. The van der Waals surface area contributed by atoms with E-state index in [-0.39, 0.29) is 11.7 Å². The Morgan fingerprint density at radius 2 is 1.81 bits per heavy atom. The molecular formula is C14H18N2O5. The molecule has 0 aliphatic heterocycles. The maximum absolute atomic E-state index is 11.9. The predicted octanol–water partition coefficient (Wildman–Crippen LogP) is 0.532. The van der Waals surface area contributed by atoms with Gasteiger partial charge in [0.15, 0.2) is 0 Å². The summed E-state index contributed by atoms with van der Waals surface area (Å²) >= 11 is 0. The molecule has 114 valence electrons. The molecule has 0 fully saturated rings. The van der Waals surface area contributed by atoms with Crippen LogP contribution in [0.25, 0.3) is 0 Å². The first-order valence-electron chi connectivity index (χ1n) is 6.38. The summed E-state index contributed by atoms with van der Waals surface area (Å²) in [6.45, 7) is 3.75. The number of hydrogen-bond donors (Lipinski definition) is 3. The monoisotopic (exact) mass is 294 g/mol. The Bertz CT molecular complexity index is 525. The van der Waals surface area contributed by atoms with Gasteiger partial charge in [0.2, 0.25) is 5.91 Å². The number of carboxylic acids is 1. The highest BCUT2D eigenvalue weighted by Crippen LogP contribution is 2.14. The summed E-state index contributed by atoms with van der Waals surface area (Å²) in [6, 6.07) is 4.89. The number of aliphatic carboxylic acids is 1. The highest BCUT2D eigenvalue weighted by Gasteiger charge is 2.22. The van der Waals surface area contributed by atoms with E-state index in [2.05, 4.69) is 5.32 Å². The zero-order chi connectivity index (χ0) is 16.0. The lowest BCUT2D eigenvalue weighted by Crippen LogP contribution is -2.43. The van der Waals surface area contributed by atoms with Crippen molar-refractivity contribution in [2.75, 3.05) is 0 Å². The molecule has 0 heterocycles. The lowest BCUT2D eigenvalue weighted by atomic mass is 10.1. The minimum absolute atomic E-state index is 0.0108. The van der Waals surface area contributed by atoms with Gasteiger partial charge in [-0.25, -0.2) is 4.79 Å². The third-order valence-corrected chi connectivity index (χ3v) is 2.50. The fourth-order valence-electron chi connectivity index (χ4n) is 1.60. The van der Waals surface area contributed by atoms with E-state index >= 15 is 0 Å². The Hall–Kier alpha value is -2.57. The van der Waals surface area contributed by atoms with Crippen molar-refractivity contribution in [2.24, 2.45) is 5.73 Å². The molecule has 0 bridgehead atoms. The first-order valence-corrected chi connectivity index (χ1v) is 6.38. The molecular weight excluding hydrogens is 276 g/mol. The lowest BCUT2D eigenvalue weighted by Gasteiger charge is -2.13. The number of primary amides is 1. The molecule has 2 amide bonds. The largest absolute Gasteiger partial charge is 0.491 e. The topological polar surface area (TPSA) is 119 Å². The van der Waals surface area contributed by atoms with Gasteiger partial charge in [-0.2, -0.15) is 0 Å². The Morgan fingerprint density at radius 1 is 1.24 bits per heavy atom. The summed E-state index contributed by atoms with van der Waals surface area (Å²) in [7, 11) is 0. The zero-order valence-electron chi connectivity index (χ0n) is 11.8. The molecule has 21 heavy (non-hydrogen) atoms. The Morgan fingerprint density at radius 3 is 2.24 bits per heavy atom. The van der Waals surface area contributed by atoms with Gasteiger partial charge in [0, 0.05) is 5.56 Å². The summed E-state index contributed by atoms with van der Waals surface area (Å²) in [5.74, 6) is -2.11. The average molecular weight is 294 g/mol. The second-order valence-corrected chi connectivity index (χ2v) is 4.73. The van der Waals surface area contributed by atoms with Crippen molar-refractivity contribution < 1.29 is 24.2 Å². The molecule has 0 saturated heterocycles. The van der Waals surface area contributed by atoms with Crippen molar-refractivity contribution in [3.8, 4) is 5.75 Å². The smallest absolute Gasteiger partial charge is 0.326 e. The maximum Gasteiger partial charge on any atom is 0.326 e. The third kappa shape index (κ3) is 5.52. The van der Waals surface area contributed by atoms with Crippen LogP contribution in [0.2, 0.25) is 0 Å². The van der Waals surface area contributed by atoms with Crippen molar-refractivity contribution in [3.63, 3.8) is 0 Å². The molecule has 0 saturated carbocycles. The van der Waals surface area contributed by atoms with Crippen LogP contribution in [0, 0.1) is 0 Å². The van der Waals surface area contributed by atoms with Gasteiger partial charge < -0.3 is 20.9 Å². The SMILES string of the molecule is CC(C)Oc1ccc(C(=O)NC(CC(N)=O)C(=O)O)cc1. The molecule has 0 spiro atoms. The molecule has 1 aromatic rings. The molecule has 0 aromatic heterocycles. The van der Waals surface area contributed by atoms with Crippen molar-refractivity contribution in [1.29, 1.82) is 0 Å². The summed E-state index contributed by atoms with van der Waals surface area (Å²) in [5.41, 5.74) is 5.21. The first-order chi connectivity index (χ1) is 9.79. The molecule has 1 unspecified atom stereocenters. The number of benzene rings is 1. The lowest BCUT2D eigenvalue weighted by molar-refractivity contribution is -0.140. The van der Waals surface area contributed by atoms with E-state index in [4.69, 9.17) is 15.6 Å². The molecule has 4 N–H and O–H groups in total. The van der Waals surface area contributed by atoms with Gasteiger partial charge in [0.1, 0.15) is 11.8 Å². The number of carboxylic acid groups (broad SMARTS) is 1. The van der Waals surface area contributed by atoms with Crippen LogP contribution in [0.1, 0.15) is 30.6 Å². The molecule has 0 radical (unpaired) electrons. The molecule has 0 aliphatic rings. The molecule has 0 aliphatic carbocycles. The highest BCUT2D eigenvalue weighted by molar-refractivity contribution is 5.97. The van der Waals surface area contributed by atoms with Crippen molar-refractivity contribution in [3.05, 3.63) is 29.8 Å². The van der Waals surface area contributed by atoms with Gasteiger partial charge in [0.25, 0.3) is 5.91 Å². The molecule has 1 rings (SSSR count). The second kappa shape index (κ2) is 7.28. The van der Waals surface area contributed by atoms with E-state index in [1.54, 1.807) is 12.1 Å². The van der Waals surface area contributed by atoms with Gasteiger partial charge in [-0.1, -0.05) is 0 Å². The number of carbonyl (C=O) groups excluding carboxylic acids is 2. The third-order valence-electron chi connectivity index (χ3n) is 2.50. The van der Waals surface area contributed by atoms with Crippen LogP contribution in [0.3, 0.4) is 0 Å². The summed E-state index contributed by atoms with van der Waals surface area (Å²) < 4.78 is 5.43. The molecule has 1 aromatic carbocycles. The molecule has 1 atom stereocenters. The van der Waals surface area contributed by atoms with E-state index in [1.165, 1.54) is 12.1 Å². The van der Waals surface area contributed by atoms with E-state index in [0.29, 0.717) is 5.75 Å². The van der Waals surface area contributed by atoms with Crippen LogP contribution in [0.4, 0.5) is 0 Å². The Balaban J connectivity index is 2.73. The first kappa shape index (κ1) is 16.5. The Kier molecular flexibility index (Phi) is 5.71. The summed E-state index contributed by atoms with van der Waals surface area (Å²) in [4.78, 5) is 33.6. The standard InChI is InChI=1S/C14H18N2O5/c1-8(2)21-10-5-3-9(4-6-10)13(18)16-11(14(19)20)7-12(15)17/h3-6,8,11H,7H2,1-2H3,(H2,15,17)(H,16,18)(H,19,20). The average Bonchev–Trinajstić information content (AvgIpc) is 2.37. The quantitative estimate of drug-likeness (QED) is 0.678. The summed E-state index contributed by atoms with van der Waals surface area (Å²) in [5, 5.41) is 11.2. The van der Waals surface area contributed by atoms with Gasteiger partial charge in [-0.15, -0.1) is 0 Å². The van der Waals surface area contributed by atoms with Gasteiger partial charge in [-0.3, -0.25) is 9.59 Å². The number of carbonyl (C=O) groups is 3. The van der Waals surface area contributed by atoms with Gasteiger partial charge >= 0.3 is 5.97 Å². The van der Waals surface area contributed by atoms with Crippen molar-refractivity contribution >= 4 is 17.8 Å². The predicted molar refractivity (Wildman–Crippen MR) is 74.9 cm³/mol. The highest BCUT2D eigenvalue weighted by atomic mass is 16.5. The number of rotatable bonds is 7. The van der Waals surface area contributed by atoms with Crippen LogP contribution < -0.4 is 15.8 Å². The number of hydrogen-bond acceptors (Lipinski definition) is 4. The van der Waals surface area contributed by atoms with Crippen LogP contribution in [0.5, 0.6) is 5.75 Å². The van der Waals surface area contributed by atoms with E-state index in [9.17, 15) is 14.4 Å². The van der Waals surface area contributed by atoms with Crippen molar-refractivity contribution in [1.82, 2.24) is 5.32 Å².